The highest BCUT2D eigenvalue weighted by Gasteiger charge is 2.15. The summed E-state index contributed by atoms with van der Waals surface area (Å²) in [5.41, 5.74) is 6.78. The summed E-state index contributed by atoms with van der Waals surface area (Å²) in [6.07, 6.45) is 5.16. The molecule has 128 valence electrons. The third-order valence-corrected chi connectivity index (χ3v) is 4.92. The van der Waals surface area contributed by atoms with Gasteiger partial charge in [0.15, 0.2) is 0 Å². The molecular weight excluding hydrogens is 342 g/mol. The third-order valence-electron chi connectivity index (χ3n) is 4.68. The number of anilines is 1. The van der Waals surface area contributed by atoms with Crippen molar-refractivity contribution in [3.8, 4) is 11.1 Å². The molecule has 3 heteroatoms. The zero-order valence-corrected chi connectivity index (χ0v) is 15.0. The van der Waals surface area contributed by atoms with Crippen molar-refractivity contribution in [3.63, 3.8) is 0 Å². The number of halogens is 1. The van der Waals surface area contributed by atoms with Crippen molar-refractivity contribution in [3.05, 3.63) is 88.4 Å². The topological polar surface area (TPSA) is 20.3 Å². The van der Waals surface area contributed by atoms with Crippen molar-refractivity contribution >= 4 is 35.7 Å². The predicted molar refractivity (Wildman–Crippen MR) is 109 cm³/mol. The monoisotopic (exact) mass is 359 g/mol. The first-order chi connectivity index (χ1) is 12.7. The summed E-state index contributed by atoms with van der Waals surface area (Å²) < 4.78 is 0. The van der Waals surface area contributed by atoms with Crippen LogP contribution < -0.4 is 4.90 Å². The summed E-state index contributed by atoms with van der Waals surface area (Å²) in [6.45, 7) is 1.03. The Bertz CT molecular complexity index is 979. The second-order valence-electron chi connectivity index (χ2n) is 6.36. The van der Waals surface area contributed by atoms with Crippen LogP contribution in [0.4, 0.5) is 5.69 Å². The van der Waals surface area contributed by atoms with Gasteiger partial charge in [-0.05, 0) is 52.1 Å². The maximum absolute atomic E-state index is 11.2. The van der Waals surface area contributed by atoms with E-state index in [2.05, 4.69) is 47.4 Å². The molecule has 1 aliphatic rings. The molecule has 26 heavy (non-hydrogen) atoms. The molecule has 0 radical (unpaired) electrons. The number of benzene rings is 3. The molecule has 3 aromatic carbocycles. The number of aldehydes is 1. The first-order valence-corrected chi connectivity index (χ1v) is 8.97. The van der Waals surface area contributed by atoms with Gasteiger partial charge < -0.3 is 9.69 Å². The van der Waals surface area contributed by atoms with Gasteiger partial charge in [-0.1, -0.05) is 66.2 Å². The molecule has 0 amide bonds. The Labute approximate surface area is 158 Å². The third kappa shape index (κ3) is 3.29. The van der Waals surface area contributed by atoms with E-state index in [-0.39, 0.29) is 0 Å². The van der Waals surface area contributed by atoms with Gasteiger partial charge in [0.1, 0.15) is 6.29 Å². The van der Waals surface area contributed by atoms with Gasteiger partial charge in [-0.25, -0.2) is 0 Å². The van der Waals surface area contributed by atoms with E-state index >= 15 is 0 Å². The molecule has 2 nitrogen and oxygen atoms in total. The number of hydrogen-bond donors (Lipinski definition) is 0. The SMILES string of the molecule is O=CCN1Cc2ccc(-c3ccccc3)cc2C=Cc2cc(Cl)ccc21. The summed E-state index contributed by atoms with van der Waals surface area (Å²) in [5, 5.41) is 0.693. The fourth-order valence-electron chi connectivity index (χ4n) is 3.37. The number of fused-ring (bicyclic) bond motifs is 2. The summed E-state index contributed by atoms with van der Waals surface area (Å²) in [4.78, 5) is 13.3. The molecule has 3 aromatic rings. The second-order valence-corrected chi connectivity index (χ2v) is 6.80. The van der Waals surface area contributed by atoms with Crippen molar-refractivity contribution in [1.29, 1.82) is 0 Å². The molecule has 0 atom stereocenters. The maximum Gasteiger partial charge on any atom is 0.139 e. The molecule has 0 N–H and O–H groups in total. The van der Waals surface area contributed by atoms with Gasteiger partial charge in [0, 0.05) is 17.3 Å². The molecule has 0 unspecified atom stereocenters. The minimum atomic E-state index is 0.350. The molecule has 0 aliphatic carbocycles. The second kappa shape index (κ2) is 7.19. The standard InChI is InChI=1S/C23H18ClNO/c24-22-10-11-23-20(15-22)8-6-19-14-18(17-4-2-1-3-5-17)7-9-21(19)16-25(23)12-13-26/h1-11,13-15H,12,16H2. The van der Waals surface area contributed by atoms with Crippen LogP contribution in [0.3, 0.4) is 0 Å². The molecule has 4 rings (SSSR count). The molecule has 1 heterocycles. The van der Waals surface area contributed by atoms with Crippen molar-refractivity contribution in [1.82, 2.24) is 0 Å². The minimum absolute atomic E-state index is 0.350. The van der Waals surface area contributed by atoms with Crippen molar-refractivity contribution < 1.29 is 4.79 Å². The van der Waals surface area contributed by atoms with Gasteiger partial charge >= 0.3 is 0 Å². The summed E-state index contributed by atoms with van der Waals surface area (Å²) >= 11 is 6.18. The van der Waals surface area contributed by atoms with E-state index in [0.29, 0.717) is 18.1 Å². The van der Waals surface area contributed by atoms with Crippen LogP contribution in [0, 0.1) is 0 Å². The van der Waals surface area contributed by atoms with E-state index in [0.717, 1.165) is 23.1 Å². The van der Waals surface area contributed by atoms with E-state index in [4.69, 9.17) is 11.6 Å². The van der Waals surface area contributed by atoms with Crippen molar-refractivity contribution in [2.24, 2.45) is 0 Å². The normalized spacial score (nSPS) is 12.7. The number of carbonyl (C=O) groups is 1. The van der Waals surface area contributed by atoms with E-state index in [1.165, 1.54) is 16.7 Å². The zero-order chi connectivity index (χ0) is 17.9. The average molecular weight is 360 g/mol. The van der Waals surface area contributed by atoms with Gasteiger partial charge in [0.2, 0.25) is 0 Å². The average Bonchev–Trinajstić information content (AvgIpc) is 2.66. The summed E-state index contributed by atoms with van der Waals surface area (Å²) in [7, 11) is 0. The highest BCUT2D eigenvalue weighted by molar-refractivity contribution is 6.30. The molecule has 1 aliphatic heterocycles. The van der Waals surface area contributed by atoms with E-state index < -0.39 is 0 Å². The Morgan fingerprint density at radius 2 is 1.69 bits per heavy atom. The van der Waals surface area contributed by atoms with Gasteiger partial charge in [-0.3, -0.25) is 0 Å². The highest BCUT2D eigenvalue weighted by Crippen LogP contribution is 2.32. The maximum atomic E-state index is 11.2. The fourth-order valence-corrected chi connectivity index (χ4v) is 3.55. The van der Waals surface area contributed by atoms with Crippen LogP contribution in [0.2, 0.25) is 5.02 Å². The lowest BCUT2D eigenvalue weighted by atomic mass is 9.96. The van der Waals surface area contributed by atoms with Crippen LogP contribution in [-0.2, 0) is 11.3 Å². The van der Waals surface area contributed by atoms with Crippen LogP contribution in [0.1, 0.15) is 16.7 Å². The Hall–Kier alpha value is -2.84. The minimum Gasteiger partial charge on any atom is -0.360 e. The van der Waals surface area contributed by atoms with Crippen LogP contribution in [0.15, 0.2) is 66.7 Å². The van der Waals surface area contributed by atoms with Gasteiger partial charge in [0.25, 0.3) is 0 Å². The Kier molecular flexibility index (Phi) is 4.59. The molecule has 0 saturated carbocycles. The predicted octanol–water partition coefficient (Wildman–Crippen LogP) is 5.70. The largest absolute Gasteiger partial charge is 0.360 e. The molecular formula is C23H18ClNO. The number of hydrogen-bond acceptors (Lipinski definition) is 2. The first-order valence-electron chi connectivity index (χ1n) is 8.59. The lowest BCUT2D eigenvalue weighted by molar-refractivity contribution is -0.106. The summed E-state index contributed by atoms with van der Waals surface area (Å²) in [6, 6.07) is 22.6. The number of nitrogens with zero attached hydrogens (tertiary/aromatic N) is 1. The zero-order valence-electron chi connectivity index (χ0n) is 14.2. The molecule has 0 saturated heterocycles. The number of rotatable bonds is 3. The van der Waals surface area contributed by atoms with E-state index in [1.54, 1.807) is 0 Å². The highest BCUT2D eigenvalue weighted by atomic mass is 35.5. The van der Waals surface area contributed by atoms with Crippen molar-refractivity contribution in [2.75, 3.05) is 11.4 Å². The molecule has 0 spiro atoms. The van der Waals surface area contributed by atoms with Gasteiger partial charge in [-0.15, -0.1) is 0 Å². The van der Waals surface area contributed by atoms with Crippen LogP contribution in [-0.4, -0.2) is 12.8 Å². The number of carbonyl (C=O) groups excluding carboxylic acids is 1. The Morgan fingerprint density at radius 3 is 2.50 bits per heavy atom. The lowest BCUT2D eigenvalue weighted by Crippen LogP contribution is -2.26. The smallest absolute Gasteiger partial charge is 0.139 e. The molecule has 0 bridgehead atoms. The van der Waals surface area contributed by atoms with Crippen LogP contribution in [0.25, 0.3) is 23.3 Å². The molecule has 0 aromatic heterocycles. The Balaban J connectivity index is 1.82. The summed E-state index contributed by atoms with van der Waals surface area (Å²) in [5.74, 6) is 0. The Morgan fingerprint density at radius 1 is 0.885 bits per heavy atom. The van der Waals surface area contributed by atoms with Gasteiger partial charge in [-0.2, -0.15) is 0 Å². The quantitative estimate of drug-likeness (QED) is 0.559. The van der Waals surface area contributed by atoms with Crippen molar-refractivity contribution in [2.45, 2.75) is 6.54 Å². The molecule has 0 fully saturated rings. The lowest BCUT2D eigenvalue weighted by Gasteiger charge is -2.27. The van der Waals surface area contributed by atoms with Crippen LogP contribution >= 0.6 is 11.6 Å². The van der Waals surface area contributed by atoms with E-state index in [9.17, 15) is 4.79 Å². The van der Waals surface area contributed by atoms with Crippen LogP contribution in [0.5, 0.6) is 0 Å². The van der Waals surface area contributed by atoms with E-state index in [1.807, 2.05) is 36.4 Å². The van der Waals surface area contributed by atoms with Gasteiger partial charge in [0.05, 0.1) is 6.54 Å². The first kappa shape index (κ1) is 16.6. The fraction of sp³-hybridized carbons (Fsp3) is 0.0870.